The molecule has 0 fully saturated rings. The van der Waals surface area contributed by atoms with Gasteiger partial charge in [-0.3, -0.25) is 4.79 Å². The summed E-state index contributed by atoms with van der Waals surface area (Å²) in [4.78, 5) is 12.3. The van der Waals surface area contributed by atoms with Gasteiger partial charge in [-0.25, -0.2) is 0 Å². The van der Waals surface area contributed by atoms with Crippen LogP contribution in [0.15, 0.2) is 24.3 Å². The van der Waals surface area contributed by atoms with Crippen molar-refractivity contribution in [3.63, 3.8) is 0 Å². The van der Waals surface area contributed by atoms with Crippen molar-refractivity contribution in [2.45, 2.75) is 39.0 Å². The Morgan fingerprint density at radius 3 is 2.50 bits per heavy atom. The lowest BCUT2D eigenvalue weighted by molar-refractivity contribution is -0.124. The number of amides is 1. The standard InChI is InChI=1S/C17H25NO2/c1-2-5-13(8-9-19)12-18-17(20)16-10-14-6-3-4-7-15(14)11-16/h3-4,6-7,13,16,19H,2,5,8-12H2,1H3,(H,18,20). The van der Waals surface area contributed by atoms with Gasteiger partial charge in [0, 0.05) is 19.1 Å². The predicted molar refractivity (Wildman–Crippen MR) is 80.5 cm³/mol. The molecule has 20 heavy (non-hydrogen) atoms. The number of hydrogen-bond acceptors (Lipinski definition) is 2. The summed E-state index contributed by atoms with van der Waals surface area (Å²) in [5.41, 5.74) is 2.63. The highest BCUT2D eigenvalue weighted by atomic mass is 16.3. The molecular weight excluding hydrogens is 250 g/mol. The predicted octanol–water partition coefficient (Wildman–Crippen LogP) is 2.32. The van der Waals surface area contributed by atoms with Gasteiger partial charge in [-0.2, -0.15) is 0 Å². The molecule has 1 amide bonds. The number of carbonyl (C=O) groups excluding carboxylic acids is 1. The van der Waals surface area contributed by atoms with Crippen molar-refractivity contribution in [3.05, 3.63) is 35.4 Å². The second kappa shape index (κ2) is 7.44. The minimum Gasteiger partial charge on any atom is -0.396 e. The monoisotopic (exact) mass is 275 g/mol. The second-order valence-corrected chi connectivity index (χ2v) is 5.79. The fraction of sp³-hybridized carbons (Fsp3) is 0.588. The molecule has 2 rings (SSSR count). The van der Waals surface area contributed by atoms with Crippen molar-refractivity contribution in [1.29, 1.82) is 0 Å². The summed E-state index contributed by atoms with van der Waals surface area (Å²) >= 11 is 0. The average Bonchev–Trinajstić information content (AvgIpc) is 2.89. The van der Waals surface area contributed by atoms with E-state index in [1.165, 1.54) is 11.1 Å². The minimum atomic E-state index is 0.0869. The zero-order chi connectivity index (χ0) is 14.4. The molecule has 3 nitrogen and oxygen atoms in total. The Hall–Kier alpha value is -1.35. The van der Waals surface area contributed by atoms with E-state index >= 15 is 0 Å². The second-order valence-electron chi connectivity index (χ2n) is 5.79. The summed E-state index contributed by atoms with van der Waals surface area (Å²) in [5.74, 6) is 0.654. The smallest absolute Gasteiger partial charge is 0.223 e. The van der Waals surface area contributed by atoms with Crippen molar-refractivity contribution in [3.8, 4) is 0 Å². The summed E-state index contributed by atoms with van der Waals surface area (Å²) in [7, 11) is 0. The van der Waals surface area contributed by atoms with Gasteiger partial charge in [0.2, 0.25) is 5.91 Å². The van der Waals surface area contributed by atoms with E-state index < -0.39 is 0 Å². The van der Waals surface area contributed by atoms with Gasteiger partial charge in [0.25, 0.3) is 0 Å². The zero-order valence-electron chi connectivity index (χ0n) is 12.3. The Balaban J connectivity index is 1.81. The van der Waals surface area contributed by atoms with Gasteiger partial charge in [-0.15, -0.1) is 0 Å². The fourth-order valence-corrected chi connectivity index (χ4v) is 3.07. The third-order valence-corrected chi connectivity index (χ3v) is 4.22. The van der Waals surface area contributed by atoms with Crippen LogP contribution in [0.4, 0.5) is 0 Å². The molecule has 0 aliphatic heterocycles. The molecule has 0 heterocycles. The van der Waals surface area contributed by atoms with E-state index in [-0.39, 0.29) is 18.4 Å². The quantitative estimate of drug-likeness (QED) is 0.802. The molecule has 1 unspecified atom stereocenters. The topological polar surface area (TPSA) is 49.3 Å². The lowest BCUT2D eigenvalue weighted by atomic mass is 9.99. The number of rotatable bonds is 7. The lowest BCUT2D eigenvalue weighted by Gasteiger charge is -2.17. The summed E-state index contributed by atoms with van der Waals surface area (Å²) in [6.45, 7) is 3.04. The lowest BCUT2D eigenvalue weighted by Crippen LogP contribution is -2.35. The number of benzene rings is 1. The van der Waals surface area contributed by atoms with E-state index in [0.717, 1.165) is 32.1 Å². The van der Waals surface area contributed by atoms with Gasteiger partial charge in [0.1, 0.15) is 0 Å². The molecule has 1 atom stereocenters. The third kappa shape index (κ3) is 3.83. The summed E-state index contributed by atoms with van der Waals surface area (Å²) in [6.07, 6.45) is 4.65. The first kappa shape index (κ1) is 15.0. The number of aliphatic hydroxyl groups is 1. The van der Waals surface area contributed by atoms with Crippen molar-refractivity contribution in [2.24, 2.45) is 11.8 Å². The summed E-state index contributed by atoms with van der Waals surface area (Å²) in [6, 6.07) is 8.32. The van der Waals surface area contributed by atoms with Crippen LogP contribution in [0.5, 0.6) is 0 Å². The highest BCUT2D eigenvalue weighted by Crippen LogP contribution is 2.26. The number of carbonyl (C=O) groups is 1. The molecule has 0 bridgehead atoms. The molecule has 1 aliphatic rings. The SMILES string of the molecule is CCCC(CCO)CNC(=O)C1Cc2ccccc2C1. The maximum Gasteiger partial charge on any atom is 0.223 e. The van der Waals surface area contributed by atoms with E-state index in [9.17, 15) is 4.79 Å². The van der Waals surface area contributed by atoms with Gasteiger partial charge in [-0.1, -0.05) is 37.6 Å². The average molecular weight is 275 g/mol. The number of hydrogen-bond donors (Lipinski definition) is 2. The van der Waals surface area contributed by atoms with E-state index in [2.05, 4.69) is 24.4 Å². The molecule has 1 aromatic carbocycles. The van der Waals surface area contributed by atoms with Crippen LogP contribution in [-0.4, -0.2) is 24.2 Å². The van der Waals surface area contributed by atoms with E-state index in [4.69, 9.17) is 5.11 Å². The van der Waals surface area contributed by atoms with E-state index in [0.29, 0.717) is 12.5 Å². The van der Waals surface area contributed by atoms with Gasteiger partial charge in [-0.05, 0) is 42.7 Å². The maximum atomic E-state index is 12.3. The number of nitrogens with one attached hydrogen (secondary N) is 1. The molecule has 0 saturated heterocycles. The Morgan fingerprint density at radius 1 is 1.30 bits per heavy atom. The minimum absolute atomic E-state index is 0.0869. The van der Waals surface area contributed by atoms with Gasteiger partial charge in [0.05, 0.1) is 0 Å². The number of aliphatic hydroxyl groups excluding tert-OH is 1. The van der Waals surface area contributed by atoms with Crippen molar-refractivity contribution in [1.82, 2.24) is 5.32 Å². The highest BCUT2D eigenvalue weighted by molar-refractivity contribution is 5.80. The first-order chi connectivity index (χ1) is 9.74. The van der Waals surface area contributed by atoms with Crippen LogP contribution in [0, 0.1) is 11.8 Å². The van der Waals surface area contributed by atoms with Gasteiger partial charge < -0.3 is 10.4 Å². The molecule has 0 saturated carbocycles. The van der Waals surface area contributed by atoms with Crippen LogP contribution in [0.25, 0.3) is 0 Å². The van der Waals surface area contributed by atoms with Crippen molar-refractivity contribution in [2.75, 3.05) is 13.2 Å². The normalized spacial score (nSPS) is 15.9. The van der Waals surface area contributed by atoms with Crippen LogP contribution in [0.2, 0.25) is 0 Å². The molecule has 3 heteroatoms. The Bertz CT molecular complexity index is 413. The van der Waals surface area contributed by atoms with Crippen LogP contribution in [0.3, 0.4) is 0 Å². The highest BCUT2D eigenvalue weighted by Gasteiger charge is 2.27. The molecule has 1 aliphatic carbocycles. The van der Waals surface area contributed by atoms with Crippen molar-refractivity contribution < 1.29 is 9.90 Å². The summed E-state index contributed by atoms with van der Waals surface area (Å²) < 4.78 is 0. The Kier molecular flexibility index (Phi) is 5.60. The molecule has 2 N–H and O–H groups in total. The Labute approximate surface area is 121 Å². The van der Waals surface area contributed by atoms with E-state index in [1.54, 1.807) is 0 Å². The first-order valence-corrected chi connectivity index (χ1v) is 7.70. The van der Waals surface area contributed by atoms with Gasteiger partial charge >= 0.3 is 0 Å². The van der Waals surface area contributed by atoms with Crippen LogP contribution >= 0.6 is 0 Å². The molecule has 110 valence electrons. The largest absolute Gasteiger partial charge is 0.396 e. The molecule has 1 aromatic rings. The van der Waals surface area contributed by atoms with Crippen molar-refractivity contribution >= 4 is 5.91 Å². The molecular formula is C17H25NO2. The summed E-state index contributed by atoms with van der Waals surface area (Å²) in [5, 5.41) is 12.1. The van der Waals surface area contributed by atoms with Crippen LogP contribution < -0.4 is 5.32 Å². The van der Waals surface area contributed by atoms with Gasteiger partial charge in [0.15, 0.2) is 0 Å². The van der Waals surface area contributed by atoms with E-state index in [1.807, 2.05) is 12.1 Å². The van der Waals surface area contributed by atoms with Crippen LogP contribution in [0.1, 0.15) is 37.3 Å². The molecule has 0 radical (unpaired) electrons. The fourth-order valence-electron chi connectivity index (χ4n) is 3.07. The first-order valence-electron chi connectivity index (χ1n) is 7.70. The Morgan fingerprint density at radius 2 is 1.95 bits per heavy atom. The molecule has 0 aromatic heterocycles. The number of fused-ring (bicyclic) bond motifs is 1. The molecule has 0 spiro atoms. The zero-order valence-corrected chi connectivity index (χ0v) is 12.3. The van der Waals surface area contributed by atoms with Crippen LogP contribution in [-0.2, 0) is 17.6 Å². The maximum absolute atomic E-state index is 12.3. The third-order valence-electron chi connectivity index (χ3n) is 4.22.